The maximum absolute atomic E-state index is 11.7. The van der Waals surface area contributed by atoms with Crippen molar-refractivity contribution in [2.24, 2.45) is 0 Å². The normalized spacial score (nSPS) is 11.7. The van der Waals surface area contributed by atoms with Crippen LogP contribution in [-0.2, 0) is 4.79 Å². The number of aromatic nitrogens is 2. The van der Waals surface area contributed by atoms with E-state index in [1.165, 1.54) is 0 Å². The summed E-state index contributed by atoms with van der Waals surface area (Å²) < 4.78 is 3.55. The van der Waals surface area contributed by atoms with Crippen molar-refractivity contribution < 1.29 is 9.21 Å². The van der Waals surface area contributed by atoms with Crippen molar-refractivity contribution in [3.63, 3.8) is 0 Å². The molecule has 0 unspecified atom stereocenters. The van der Waals surface area contributed by atoms with Crippen LogP contribution in [0.2, 0.25) is 5.02 Å². The highest BCUT2D eigenvalue weighted by molar-refractivity contribution is 6.76. The van der Waals surface area contributed by atoms with Crippen LogP contribution in [0.3, 0.4) is 0 Å². The summed E-state index contributed by atoms with van der Waals surface area (Å²) >= 11 is 22.8. The quantitative estimate of drug-likeness (QED) is 0.635. The fraction of sp³-hybridized carbons (Fsp3) is 0.0714. The number of carbonyl (C=O) groups excluding carboxylic acids is 1. The van der Waals surface area contributed by atoms with Crippen molar-refractivity contribution >= 4 is 69.2 Å². The summed E-state index contributed by atoms with van der Waals surface area (Å²) in [5.41, 5.74) is 1.84. The predicted molar refractivity (Wildman–Crippen MR) is 91.2 cm³/mol. The molecule has 0 saturated carbocycles. The van der Waals surface area contributed by atoms with Gasteiger partial charge in [0.1, 0.15) is 0 Å². The van der Waals surface area contributed by atoms with Gasteiger partial charge in [-0.1, -0.05) is 46.4 Å². The number of nitrogens with one attached hydrogen (secondary N) is 1. The zero-order chi connectivity index (χ0) is 16.6. The Morgan fingerprint density at radius 2 is 2.00 bits per heavy atom. The molecule has 118 valence electrons. The number of benzene rings is 1. The number of amides is 1. The Labute approximate surface area is 150 Å². The molecule has 0 radical (unpaired) electrons. The summed E-state index contributed by atoms with van der Waals surface area (Å²) in [7, 11) is 0. The molecule has 0 aliphatic heterocycles. The summed E-state index contributed by atoms with van der Waals surface area (Å²) in [6.07, 6.45) is 1.61. The lowest BCUT2D eigenvalue weighted by molar-refractivity contribution is -0.115. The largest absolute Gasteiger partial charge is 0.434 e. The van der Waals surface area contributed by atoms with Crippen molar-refractivity contribution in [1.82, 2.24) is 9.97 Å². The molecule has 3 aromatic rings. The third-order valence-electron chi connectivity index (χ3n) is 2.88. The van der Waals surface area contributed by atoms with Crippen LogP contribution < -0.4 is 5.32 Å². The van der Waals surface area contributed by atoms with Gasteiger partial charge in [-0.05, 0) is 30.3 Å². The first-order valence-corrected chi connectivity index (χ1v) is 7.75. The molecule has 1 amide bonds. The lowest BCUT2D eigenvalue weighted by Gasteiger charge is -2.12. The van der Waals surface area contributed by atoms with Crippen LogP contribution in [0.4, 0.5) is 5.69 Å². The summed E-state index contributed by atoms with van der Waals surface area (Å²) in [4.78, 5) is 20.1. The third-order valence-corrected chi connectivity index (χ3v) is 3.72. The topological polar surface area (TPSA) is 68.0 Å². The van der Waals surface area contributed by atoms with E-state index in [-0.39, 0.29) is 5.89 Å². The van der Waals surface area contributed by atoms with Crippen molar-refractivity contribution in [3.05, 3.63) is 41.6 Å². The summed E-state index contributed by atoms with van der Waals surface area (Å²) in [5.74, 6) is -0.510. The van der Waals surface area contributed by atoms with E-state index in [9.17, 15) is 4.79 Å². The van der Waals surface area contributed by atoms with Gasteiger partial charge in [0, 0.05) is 11.9 Å². The molecule has 0 bridgehead atoms. The van der Waals surface area contributed by atoms with E-state index >= 15 is 0 Å². The minimum atomic E-state index is -2.07. The molecule has 0 fully saturated rings. The van der Waals surface area contributed by atoms with Gasteiger partial charge in [-0.3, -0.25) is 4.79 Å². The van der Waals surface area contributed by atoms with Gasteiger partial charge in [0.2, 0.25) is 5.89 Å². The molecule has 5 nitrogen and oxygen atoms in total. The number of rotatable bonds is 2. The Morgan fingerprint density at radius 3 is 2.70 bits per heavy atom. The molecule has 2 aromatic heterocycles. The monoisotopic (exact) mass is 389 g/mol. The van der Waals surface area contributed by atoms with E-state index in [1.807, 2.05) is 0 Å². The molecule has 1 N–H and O–H groups in total. The number of hydrogen-bond donors (Lipinski definition) is 1. The van der Waals surface area contributed by atoms with E-state index in [4.69, 9.17) is 50.8 Å². The molecule has 0 saturated heterocycles. The predicted octanol–water partition coefficient (Wildman–Crippen LogP) is 4.85. The molecule has 0 aliphatic rings. The van der Waals surface area contributed by atoms with Gasteiger partial charge in [0.15, 0.2) is 11.2 Å². The zero-order valence-corrected chi connectivity index (χ0v) is 14.2. The summed E-state index contributed by atoms with van der Waals surface area (Å²) in [5, 5.41) is 2.87. The molecule has 3 rings (SSSR count). The molecule has 0 atom stereocenters. The van der Waals surface area contributed by atoms with Gasteiger partial charge in [-0.2, -0.15) is 4.98 Å². The Balaban J connectivity index is 1.99. The standard InChI is InChI=1S/C14H7Cl4N3O2/c15-9-4-3-7(20-13(22)14(16,17)18)6-8(9)12-21-11-10(23-12)2-1-5-19-11/h1-6H,(H,20,22). The first kappa shape index (κ1) is 16.3. The third kappa shape index (κ3) is 3.53. The van der Waals surface area contributed by atoms with Crippen LogP contribution in [-0.4, -0.2) is 19.7 Å². The average Bonchev–Trinajstić information content (AvgIpc) is 2.91. The number of fused-ring (bicyclic) bond motifs is 1. The smallest absolute Gasteiger partial charge is 0.276 e. The highest BCUT2D eigenvalue weighted by Gasteiger charge is 2.30. The van der Waals surface area contributed by atoms with E-state index in [0.717, 1.165) is 0 Å². The summed E-state index contributed by atoms with van der Waals surface area (Å²) in [6.45, 7) is 0. The molecular formula is C14H7Cl4N3O2. The first-order chi connectivity index (χ1) is 10.8. The molecule has 1 aromatic carbocycles. The number of pyridine rings is 1. The molecule has 2 heterocycles. The highest BCUT2D eigenvalue weighted by Crippen LogP contribution is 2.33. The maximum Gasteiger partial charge on any atom is 0.276 e. The maximum atomic E-state index is 11.7. The van der Waals surface area contributed by atoms with Crippen molar-refractivity contribution in [3.8, 4) is 11.5 Å². The van der Waals surface area contributed by atoms with Gasteiger partial charge in [-0.25, -0.2) is 4.98 Å². The number of oxazole rings is 1. The van der Waals surface area contributed by atoms with Crippen LogP contribution in [0.25, 0.3) is 22.7 Å². The molecule has 23 heavy (non-hydrogen) atoms. The van der Waals surface area contributed by atoms with Crippen LogP contribution in [0.1, 0.15) is 0 Å². The molecule has 9 heteroatoms. The number of nitrogens with zero attached hydrogens (tertiary/aromatic N) is 2. The Bertz CT molecular complexity index is 856. The lowest BCUT2D eigenvalue weighted by Crippen LogP contribution is -2.26. The second-order valence-corrected chi connectivity index (χ2v) is 7.18. The van der Waals surface area contributed by atoms with Crippen molar-refractivity contribution in [2.75, 3.05) is 5.32 Å². The fourth-order valence-electron chi connectivity index (χ4n) is 1.85. The van der Waals surface area contributed by atoms with Gasteiger partial charge in [-0.15, -0.1) is 0 Å². The second-order valence-electron chi connectivity index (χ2n) is 4.49. The van der Waals surface area contributed by atoms with Gasteiger partial charge in [0.05, 0.1) is 10.6 Å². The average molecular weight is 391 g/mol. The molecule has 0 aliphatic carbocycles. The highest BCUT2D eigenvalue weighted by atomic mass is 35.6. The number of halogens is 4. The van der Waals surface area contributed by atoms with E-state index in [1.54, 1.807) is 36.5 Å². The van der Waals surface area contributed by atoms with Crippen LogP contribution in [0.5, 0.6) is 0 Å². The number of anilines is 1. The van der Waals surface area contributed by atoms with E-state index in [2.05, 4.69) is 15.3 Å². The van der Waals surface area contributed by atoms with Gasteiger partial charge in [0.25, 0.3) is 9.70 Å². The minimum absolute atomic E-state index is 0.272. The SMILES string of the molecule is O=C(Nc1ccc(Cl)c(-c2nc3ncccc3o2)c1)C(Cl)(Cl)Cl. The molecule has 0 spiro atoms. The van der Waals surface area contributed by atoms with Gasteiger partial charge >= 0.3 is 0 Å². The molecular weight excluding hydrogens is 384 g/mol. The Morgan fingerprint density at radius 1 is 1.22 bits per heavy atom. The van der Waals surface area contributed by atoms with Crippen LogP contribution in [0, 0.1) is 0 Å². The summed E-state index contributed by atoms with van der Waals surface area (Å²) in [6, 6.07) is 8.19. The van der Waals surface area contributed by atoms with E-state index < -0.39 is 9.70 Å². The minimum Gasteiger partial charge on any atom is -0.434 e. The second kappa shape index (κ2) is 6.17. The number of carbonyl (C=O) groups is 1. The number of alkyl halides is 3. The Hall–Kier alpha value is -1.53. The Kier molecular flexibility index (Phi) is 4.38. The van der Waals surface area contributed by atoms with Crippen molar-refractivity contribution in [1.29, 1.82) is 0 Å². The number of hydrogen-bond acceptors (Lipinski definition) is 4. The van der Waals surface area contributed by atoms with Gasteiger partial charge < -0.3 is 9.73 Å². The fourth-order valence-corrected chi connectivity index (χ4v) is 2.19. The van der Waals surface area contributed by atoms with E-state index in [0.29, 0.717) is 27.5 Å². The van der Waals surface area contributed by atoms with Crippen molar-refractivity contribution in [2.45, 2.75) is 3.79 Å². The van der Waals surface area contributed by atoms with Crippen LogP contribution >= 0.6 is 46.4 Å². The first-order valence-electron chi connectivity index (χ1n) is 6.24. The van der Waals surface area contributed by atoms with Crippen LogP contribution in [0.15, 0.2) is 40.9 Å². The zero-order valence-electron chi connectivity index (χ0n) is 11.2. The lowest BCUT2D eigenvalue weighted by atomic mass is 10.2.